The molecule has 0 atom stereocenters. The fourth-order valence-corrected chi connectivity index (χ4v) is 2.57. The van der Waals surface area contributed by atoms with E-state index in [1.807, 2.05) is 5.38 Å². The number of halogens is 1. The number of thiazole rings is 1. The maximum Gasteiger partial charge on any atom is 0.236 e. The van der Waals surface area contributed by atoms with Crippen LogP contribution >= 0.6 is 11.3 Å². The molecule has 3 nitrogen and oxygen atoms in total. The maximum absolute atomic E-state index is 12.9. The lowest BCUT2D eigenvalue weighted by molar-refractivity contribution is -0.118. The van der Waals surface area contributed by atoms with Crippen molar-refractivity contribution in [1.29, 1.82) is 0 Å². The molecule has 0 bridgehead atoms. The normalized spacial score (nSPS) is 16.3. The molecule has 0 aliphatic heterocycles. The highest BCUT2D eigenvalue weighted by atomic mass is 32.1. The van der Waals surface area contributed by atoms with E-state index < -0.39 is 5.41 Å². The highest BCUT2D eigenvalue weighted by Gasteiger charge is 2.51. The highest BCUT2D eigenvalue weighted by Crippen LogP contribution is 2.49. The van der Waals surface area contributed by atoms with Crippen molar-refractivity contribution in [2.75, 3.05) is 5.32 Å². The third-order valence-corrected chi connectivity index (χ3v) is 3.92. The summed E-state index contributed by atoms with van der Waals surface area (Å²) in [6, 6.07) is 6.16. The summed E-state index contributed by atoms with van der Waals surface area (Å²) < 4.78 is 12.9. The Morgan fingerprint density at radius 1 is 1.33 bits per heavy atom. The third-order valence-electron chi connectivity index (χ3n) is 3.23. The molecule has 3 rings (SSSR count). The zero-order valence-electron chi connectivity index (χ0n) is 9.52. The number of hydrogen-bond donors (Lipinski definition) is 1. The Bertz CT molecular complexity index is 561. The van der Waals surface area contributed by atoms with E-state index in [2.05, 4.69) is 10.3 Å². The Kier molecular flexibility index (Phi) is 2.63. The summed E-state index contributed by atoms with van der Waals surface area (Å²) in [7, 11) is 0. The van der Waals surface area contributed by atoms with Crippen LogP contribution in [0, 0.1) is 5.82 Å². The number of rotatable bonds is 3. The molecule has 1 saturated carbocycles. The molecule has 1 fully saturated rings. The Morgan fingerprint density at radius 3 is 2.61 bits per heavy atom. The van der Waals surface area contributed by atoms with Crippen molar-refractivity contribution in [3.63, 3.8) is 0 Å². The molecule has 1 aromatic carbocycles. The Labute approximate surface area is 108 Å². The molecule has 0 radical (unpaired) electrons. The van der Waals surface area contributed by atoms with Crippen LogP contribution in [-0.4, -0.2) is 10.9 Å². The van der Waals surface area contributed by atoms with Gasteiger partial charge >= 0.3 is 0 Å². The largest absolute Gasteiger partial charge is 0.301 e. The first-order chi connectivity index (χ1) is 8.71. The van der Waals surface area contributed by atoms with Crippen LogP contribution in [-0.2, 0) is 10.2 Å². The van der Waals surface area contributed by atoms with Gasteiger partial charge < -0.3 is 5.32 Å². The summed E-state index contributed by atoms with van der Waals surface area (Å²) in [6.07, 6.45) is 3.25. The van der Waals surface area contributed by atoms with Gasteiger partial charge in [0.2, 0.25) is 5.91 Å². The van der Waals surface area contributed by atoms with Crippen molar-refractivity contribution in [2.45, 2.75) is 18.3 Å². The lowest BCUT2D eigenvalue weighted by Gasteiger charge is -2.14. The summed E-state index contributed by atoms with van der Waals surface area (Å²) in [5.74, 6) is -0.334. The zero-order chi connectivity index (χ0) is 12.6. The van der Waals surface area contributed by atoms with Gasteiger partial charge in [-0.2, -0.15) is 0 Å². The number of nitrogens with zero attached hydrogens (tertiary/aromatic N) is 1. The maximum atomic E-state index is 12.9. The van der Waals surface area contributed by atoms with Crippen molar-refractivity contribution < 1.29 is 9.18 Å². The Hall–Kier alpha value is -1.75. The fraction of sp³-hybridized carbons (Fsp3) is 0.231. The summed E-state index contributed by atoms with van der Waals surface area (Å²) in [5.41, 5.74) is 0.386. The summed E-state index contributed by atoms with van der Waals surface area (Å²) in [4.78, 5) is 16.3. The van der Waals surface area contributed by atoms with Crippen LogP contribution in [0.15, 0.2) is 35.8 Å². The minimum absolute atomic E-state index is 0.0518. The number of nitrogens with one attached hydrogen (secondary N) is 1. The van der Waals surface area contributed by atoms with Crippen LogP contribution in [0.5, 0.6) is 0 Å². The van der Waals surface area contributed by atoms with E-state index in [9.17, 15) is 9.18 Å². The average Bonchev–Trinajstić information content (AvgIpc) is 3.03. The molecule has 0 unspecified atom stereocenters. The SMILES string of the molecule is O=C(Nc1nccs1)C1(c2ccc(F)cc2)CC1. The van der Waals surface area contributed by atoms with E-state index in [4.69, 9.17) is 0 Å². The second-order valence-electron chi connectivity index (χ2n) is 4.38. The number of amides is 1. The molecule has 1 N–H and O–H groups in total. The average molecular weight is 262 g/mol. The fourth-order valence-electron chi connectivity index (χ4n) is 2.04. The van der Waals surface area contributed by atoms with Gasteiger partial charge in [-0.25, -0.2) is 9.37 Å². The Balaban J connectivity index is 1.82. The number of hydrogen-bond acceptors (Lipinski definition) is 3. The molecular weight excluding hydrogens is 251 g/mol. The van der Waals surface area contributed by atoms with E-state index >= 15 is 0 Å². The first-order valence-electron chi connectivity index (χ1n) is 5.68. The summed E-state index contributed by atoms with van der Waals surface area (Å²) >= 11 is 1.39. The molecule has 1 aliphatic carbocycles. The smallest absolute Gasteiger partial charge is 0.236 e. The van der Waals surface area contributed by atoms with Gasteiger partial charge in [-0.3, -0.25) is 4.79 Å². The molecule has 0 saturated heterocycles. The first kappa shape index (κ1) is 11.3. The Morgan fingerprint density at radius 2 is 2.06 bits per heavy atom. The minimum atomic E-state index is -0.487. The van der Waals surface area contributed by atoms with Crippen molar-refractivity contribution in [2.24, 2.45) is 0 Å². The molecule has 2 aromatic rings. The van der Waals surface area contributed by atoms with Crippen molar-refractivity contribution in [3.05, 3.63) is 47.2 Å². The molecule has 5 heteroatoms. The van der Waals surface area contributed by atoms with Crippen LogP contribution < -0.4 is 5.32 Å². The zero-order valence-corrected chi connectivity index (χ0v) is 10.3. The predicted molar refractivity (Wildman–Crippen MR) is 68.1 cm³/mol. The van der Waals surface area contributed by atoms with Gasteiger partial charge in [0.15, 0.2) is 5.13 Å². The number of carbonyl (C=O) groups is 1. The molecule has 0 spiro atoms. The van der Waals surface area contributed by atoms with Crippen LogP contribution in [0.2, 0.25) is 0 Å². The van der Waals surface area contributed by atoms with E-state index in [1.165, 1.54) is 23.5 Å². The van der Waals surface area contributed by atoms with Crippen LogP contribution in [0.3, 0.4) is 0 Å². The highest BCUT2D eigenvalue weighted by molar-refractivity contribution is 7.13. The van der Waals surface area contributed by atoms with Crippen molar-refractivity contribution >= 4 is 22.4 Å². The van der Waals surface area contributed by atoms with Gasteiger partial charge in [-0.15, -0.1) is 11.3 Å². The van der Waals surface area contributed by atoms with Gasteiger partial charge in [0.05, 0.1) is 5.41 Å². The predicted octanol–water partition coefficient (Wildman–Crippen LogP) is 2.95. The molecule has 1 heterocycles. The second kappa shape index (κ2) is 4.17. The van der Waals surface area contributed by atoms with E-state index in [-0.39, 0.29) is 11.7 Å². The minimum Gasteiger partial charge on any atom is -0.301 e. The van der Waals surface area contributed by atoms with Gasteiger partial charge in [0.1, 0.15) is 5.82 Å². The quantitative estimate of drug-likeness (QED) is 0.924. The molecule has 92 valence electrons. The van der Waals surface area contributed by atoms with Gasteiger partial charge in [-0.05, 0) is 30.5 Å². The van der Waals surface area contributed by atoms with Crippen molar-refractivity contribution in [1.82, 2.24) is 4.98 Å². The van der Waals surface area contributed by atoms with E-state index in [1.54, 1.807) is 18.3 Å². The molecule has 18 heavy (non-hydrogen) atoms. The third kappa shape index (κ3) is 1.90. The van der Waals surface area contributed by atoms with Crippen LogP contribution in [0.25, 0.3) is 0 Å². The van der Waals surface area contributed by atoms with Crippen molar-refractivity contribution in [3.8, 4) is 0 Å². The lowest BCUT2D eigenvalue weighted by atomic mass is 9.95. The standard InChI is InChI=1S/C13H11FN2OS/c14-10-3-1-9(2-4-10)13(5-6-13)11(17)16-12-15-7-8-18-12/h1-4,7-8H,5-6H2,(H,15,16,17). The molecule has 1 aliphatic rings. The van der Waals surface area contributed by atoms with Crippen LogP contribution in [0.1, 0.15) is 18.4 Å². The molecular formula is C13H11FN2OS. The number of anilines is 1. The topological polar surface area (TPSA) is 42.0 Å². The monoisotopic (exact) mass is 262 g/mol. The molecule has 1 aromatic heterocycles. The summed E-state index contributed by atoms with van der Waals surface area (Å²) in [5, 5.41) is 5.23. The number of aromatic nitrogens is 1. The lowest BCUT2D eigenvalue weighted by Crippen LogP contribution is -2.27. The number of carbonyl (C=O) groups excluding carboxylic acids is 1. The molecule has 1 amide bonds. The summed E-state index contributed by atoms with van der Waals surface area (Å²) in [6.45, 7) is 0. The first-order valence-corrected chi connectivity index (χ1v) is 6.56. The second-order valence-corrected chi connectivity index (χ2v) is 5.27. The van der Waals surface area contributed by atoms with Gasteiger partial charge in [0.25, 0.3) is 0 Å². The van der Waals surface area contributed by atoms with Crippen LogP contribution in [0.4, 0.5) is 9.52 Å². The van der Waals surface area contributed by atoms with E-state index in [0.717, 1.165) is 18.4 Å². The van der Waals surface area contributed by atoms with E-state index in [0.29, 0.717) is 5.13 Å². The van der Waals surface area contributed by atoms with Gasteiger partial charge in [0, 0.05) is 11.6 Å². The van der Waals surface area contributed by atoms with Gasteiger partial charge in [-0.1, -0.05) is 12.1 Å². The number of benzene rings is 1.